The minimum atomic E-state index is -5.08. The molecule has 0 bridgehead atoms. The number of carbonyl (C=O) groups excluding carboxylic acids is 2. The van der Waals surface area contributed by atoms with E-state index in [1.54, 1.807) is 0 Å². The molecule has 0 saturated carbocycles. The average Bonchev–Trinajstić information content (AvgIpc) is 2.46. The molecule has 1 saturated heterocycles. The maximum atomic E-state index is 12.6. The van der Waals surface area contributed by atoms with Gasteiger partial charge in [-0.1, -0.05) is 0 Å². The van der Waals surface area contributed by atoms with E-state index in [4.69, 9.17) is 14.6 Å². The molecule has 0 aromatic heterocycles. The number of carboxylic acids is 1. The summed E-state index contributed by atoms with van der Waals surface area (Å²) in [6.45, 7) is 2.63. The average molecular weight is 454 g/mol. The van der Waals surface area contributed by atoms with Crippen molar-refractivity contribution in [2.75, 3.05) is 5.32 Å². The lowest BCUT2D eigenvalue weighted by Crippen LogP contribution is -2.42. The van der Waals surface area contributed by atoms with Crippen molar-refractivity contribution in [3.8, 4) is 5.75 Å². The maximum Gasteiger partial charge on any atom is 0.573 e. The molecular weight excluding hydrogens is 443 g/mol. The van der Waals surface area contributed by atoms with Gasteiger partial charge in [-0.3, -0.25) is 0 Å². The van der Waals surface area contributed by atoms with E-state index >= 15 is 0 Å². The Morgan fingerprint density at radius 1 is 1.26 bits per heavy atom. The zero-order valence-electron chi connectivity index (χ0n) is 13.6. The second kappa shape index (κ2) is 7.10. The fraction of sp³-hybridized carbons (Fsp3) is 0.267. The number of nitrogens with one attached hydrogen (secondary N) is 1. The Labute approximate surface area is 158 Å². The number of halogens is 4. The highest BCUT2D eigenvalue weighted by Gasteiger charge is 2.39. The van der Waals surface area contributed by atoms with Crippen LogP contribution in [0.1, 0.15) is 24.2 Å². The van der Waals surface area contributed by atoms with Crippen LogP contribution in [0.2, 0.25) is 0 Å². The first-order chi connectivity index (χ1) is 12.3. The minimum absolute atomic E-state index is 0.324. The molecule has 1 fully saturated rings. The van der Waals surface area contributed by atoms with Crippen molar-refractivity contribution in [3.05, 3.63) is 33.9 Å². The van der Waals surface area contributed by atoms with Gasteiger partial charge in [0.05, 0.1) is 15.7 Å². The van der Waals surface area contributed by atoms with Crippen LogP contribution in [-0.4, -0.2) is 35.2 Å². The van der Waals surface area contributed by atoms with Crippen LogP contribution in [-0.2, 0) is 19.1 Å². The number of anilines is 1. The Hall–Kier alpha value is -2.76. The molecule has 0 spiro atoms. The molecule has 2 rings (SSSR count). The van der Waals surface area contributed by atoms with Gasteiger partial charge in [-0.15, -0.1) is 13.2 Å². The highest BCUT2D eigenvalue weighted by molar-refractivity contribution is 9.10. The molecule has 146 valence electrons. The fourth-order valence-corrected chi connectivity index (χ4v) is 2.51. The number of aromatic carboxylic acids is 1. The lowest BCUT2D eigenvalue weighted by atomic mass is 10.2. The van der Waals surface area contributed by atoms with E-state index in [0.717, 1.165) is 18.3 Å². The van der Waals surface area contributed by atoms with Gasteiger partial charge < -0.3 is 24.6 Å². The van der Waals surface area contributed by atoms with Crippen molar-refractivity contribution in [2.24, 2.45) is 0 Å². The van der Waals surface area contributed by atoms with Crippen LogP contribution in [0, 0.1) is 0 Å². The predicted octanol–water partition coefficient (Wildman–Crippen LogP) is 3.18. The van der Waals surface area contributed by atoms with Crippen molar-refractivity contribution in [1.29, 1.82) is 0 Å². The number of cyclic esters (lactones) is 2. The van der Waals surface area contributed by atoms with E-state index in [0.29, 0.717) is 0 Å². The second-order valence-electron chi connectivity index (χ2n) is 5.57. The third-order valence-electron chi connectivity index (χ3n) is 3.00. The summed E-state index contributed by atoms with van der Waals surface area (Å²) in [4.78, 5) is 34.8. The largest absolute Gasteiger partial charge is 0.573 e. The summed E-state index contributed by atoms with van der Waals surface area (Å²) in [5.74, 6) is -5.88. The SMILES string of the molecule is CC1(C)OC(=O)C(=CNc2cc(C(=O)O)cc(Br)c2OC(F)(F)F)C(=O)O1. The van der Waals surface area contributed by atoms with Crippen LogP contribution in [0.3, 0.4) is 0 Å². The molecule has 27 heavy (non-hydrogen) atoms. The molecule has 1 aromatic rings. The second-order valence-corrected chi connectivity index (χ2v) is 6.42. The highest BCUT2D eigenvalue weighted by Crippen LogP contribution is 2.38. The van der Waals surface area contributed by atoms with Crippen LogP contribution >= 0.6 is 15.9 Å². The van der Waals surface area contributed by atoms with Crippen molar-refractivity contribution in [2.45, 2.75) is 26.0 Å². The lowest BCUT2D eigenvalue weighted by molar-refractivity contribution is -0.274. The summed E-state index contributed by atoms with van der Waals surface area (Å²) in [5, 5.41) is 11.3. The van der Waals surface area contributed by atoms with Crippen LogP contribution in [0.4, 0.5) is 18.9 Å². The molecule has 12 heteroatoms. The predicted molar refractivity (Wildman–Crippen MR) is 85.8 cm³/mol. The quantitative estimate of drug-likeness (QED) is 0.406. The summed E-state index contributed by atoms with van der Waals surface area (Å²) in [6, 6.07) is 1.72. The Bertz CT molecular complexity index is 827. The molecule has 8 nitrogen and oxygen atoms in total. The number of ether oxygens (including phenoxy) is 3. The standard InChI is InChI=1S/C15H11BrF3NO7/c1-14(2)26-12(23)7(13(24)27-14)5-20-9-4-6(11(21)22)3-8(16)10(9)25-15(17,18)19/h3-5,20H,1-2H3,(H,21,22). The number of esters is 2. The van der Waals surface area contributed by atoms with E-state index in [2.05, 4.69) is 26.0 Å². The van der Waals surface area contributed by atoms with Crippen LogP contribution in [0.15, 0.2) is 28.4 Å². The van der Waals surface area contributed by atoms with Crippen LogP contribution in [0.5, 0.6) is 5.75 Å². The number of benzene rings is 1. The number of alkyl halides is 3. The third-order valence-corrected chi connectivity index (χ3v) is 3.59. The smallest absolute Gasteiger partial charge is 0.478 e. The molecule has 1 aromatic carbocycles. The zero-order chi connectivity index (χ0) is 20.6. The summed E-state index contributed by atoms with van der Waals surface area (Å²) < 4.78 is 51.1. The van der Waals surface area contributed by atoms with E-state index in [9.17, 15) is 27.6 Å². The van der Waals surface area contributed by atoms with Gasteiger partial charge >= 0.3 is 24.3 Å². The number of hydrogen-bond donors (Lipinski definition) is 2. The molecule has 2 N–H and O–H groups in total. The van der Waals surface area contributed by atoms with Gasteiger partial charge in [0.25, 0.3) is 5.79 Å². The van der Waals surface area contributed by atoms with E-state index in [1.165, 1.54) is 13.8 Å². The molecule has 1 aliphatic rings. The van der Waals surface area contributed by atoms with E-state index in [-0.39, 0.29) is 10.0 Å². The summed E-state index contributed by atoms with van der Waals surface area (Å²) in [6.07, 6.45) is -4.35. The van der Waals surface area contributed by atoms with Gasteiger partial charge in [0, 0.05) is 20.0 Å². The Morgan fingerprint density at radius 2 is 1.81 bits per heavy atom. The Kier molecular flexibility index (Phi) is 5.40. The van der Waals surface area contributed by atoms with Crippen LogP contribution in [0.25, 0.3) is 0 Å². The van der Waals surface area contributed by atoms with Gasteiger partial charge in [0.15, 0.2) is 11.3 Å². The van der Waals surface area contributed by atoms with Gasteiger partial charge in [-0.05, 0) is 28.1 Å². The van der Waals surface area contributed by atoms with E-state index in [1.807, 2.05) is 0 Å². The Morgan fingerprint density at radius 3 is 2.30 bits per heavy atom. The molecule has 0 atom stereocenters. The Balaban J connectivity index is 2.43. The minimum Gasteiger partial charge on any atom is -0.478 e. The summed E-state index contributed by atoms with van der Waals surface area (Å²) >= 11 is 2.79. The van der Waals surface area contributed by atoms with Crippen molar-refractivity contribution >= 4 is 39.5 Å². The molecule has 1 heterocycles. The maximum absolute atomic E-state index is 12.6. The number of carboxylic acid groups (broad SMARTS) is 1. The monoisotopic (exact) mass is 453 g/mol. The normalized spacial score (nSPS) is 16.3. The number of rotatable bonds is 4. The zero-order valence-corrected chi connectivity index (χ0v) is 15.2. The molecule has 0 amide bonds. The lowest BCUT2D eigenvalue weighted by Gasteiger charge is -2.29. The van der Waals surface area contributed by atoms with Crippen molar-refractivity contribution in [3.63, 3.8) is 0 Å². The molecular formula is C15H11BrF3NO7. The molecule has 0 aliphatic carbocycles. The first kappa shape index (κ1) is 20.6. The number of carbonyl (C=O) groups is 3. The first-order valence-corrected chi connectivity index (χ1v) is 7.84. The topological polar surface area (TPSA) is 111 Å². The number of hydrogen-bond acceptors (Lipinski definition) is 7. The fourth-order valence-electron chi connectivity index (χ4n) is 1.97. The van der Waals surface area contributed by atoms with Crippen molar-refractivity contribution < 1.29 is 46.9 Å². The third kappa shape index (κ3) is 5.12. The molecule has 1 aliphatic heterocycles. The van der Waals surface area contributed by atoms with Crippen molar-refractivity contribution in [1.82, 2.24) is 0 Å². The highest BCUT2D eigenvalue weighted by atomic mass is 79.9. The molecule has 0 radical (unpaired) electrons. The molecule has 0 unspecified atom stereocenters. The summed E-state index contributed by atoms with van der Waals surface area (Å²) in [5.41, 5.74) is -1.49. The van der Waals surface area contributed by atoms with Gasteiger partial charge in [0.1, 0.15) is 0 Å². The summed E-state index contributed by atoms with van der Waals surface area (Å²) in [7, 11) is 0. The van der Waals surface area contributed by atoms with Gasteiger partial charge in [-0.25, -0.2) is 14.4 Å². The van der Waals surface area contributed by atoms with E-state index < -0.39 is 47.1 Å². The van der Waals surface area contributed by atoms with Gasteiger partial charge in [-0.2, -0.15) is 0 Å². The first-order valence-electron chi connectivity index (χ1n) is 7.05. The van der Waals surface area contributed by atoms with Crippen LogP contribution < -0.4 is 10.1 Å². The van der Waals surface area contributed by atoms with Gasteiger partial charge in [0.2, 0.25) is 0 Å².